The van der Waals surface area contributed by atoms with Gasteiger partial charge in [-0.25, -0.2) is 9.37 Å². The first kappa shape index (κ1) is 15.9. The minimum Gasteiger partial charge on any atom is -0.310 e. The zero-order chi connectivity index (χ0) is 15.5. The molecule has 1 unspecified atom stereocenters. The van der Waals surface area contributed by atoms with Crippen molar-refractivity contribution in [1.82, 2.24) is 10.3 Å². The number of benzene rings is 1. The Morgan fingerprint density at radius 3 is 2.67 bits per heavy atom. The van der Waals surface area contributed by atoms with Gasteiger partial charge in [-0.05, 0) is 24.2 Å². The van der Waals surface area contributed by atoms with E-state index in [1.807, 2.05) is 12.3 Å². The molecule has 0 saturated heterocycles. The summed E-state index contributed by atoms with van der Waals surface area (Å²) in [6, 6.07) is 2.79. The normalized spacial score (nSPS) is 13.4. The van der Waals surface area contributed by atoms with Crippen molar-refractivity contribution < 1.29 is 17.6 Å². The number of likely N-dealkylation sites (N-methyl/N-ethyl adjacent to an activating group) is 1. The van der Waals surface area contributed by atoms with Gasteiger partial charge in [0.05, 0.1) is 10.6 Å². The van der Waals surface area contributed by atoms with Crippen molar-refractivity contribution in [2.24, 2.45) is 0 Å². The monoisotopic (exact) mass is 318 g/mol. The predicted octanol–water partition coefficient (Wildman–Crippen LogP) is 4.19. The molecule has 0 amide bonds. The van der Waals surface area contributed by atoms with Crippen LogP contribution >= 0.6 is 11.3 Å². The summed E-state index contributed by atoms with van der Waals surface area (Å²) in [5.74, 6) is -1.25. The average molecular weight is 318 g/mol. The fraction of sp³-hybridized carbons (Fsp3) is 0.357. The van der Waals surface area contributed by atoms with E-state index in [1.54, 1.807) is 6.20 Å². The van der Waals surface area contributed by atoms with Crippen LogP contribution in [0.1, 0.15) is 29.1 Å². The molecule has 1 N–H and O–H groups in total. The molecule has 0 aliphatic heterocycles. The highest BCUT2D eigenvalue weighted by Crippen LogP contribution is 2.33. The van der Waals surface area contributed by atoms with Crippen molar-refractivity contribution in [1.29, 1.82) is 0 Å². The molecule has 1 aromatic carbocycles. The fourth-order valence-corrected chi connectivity index (χ4v) is 2.72. The smallest absolute Gasteiger partial charge is 0.310 e. The summed E-state index contributed by atoms with van der Waals surface area (Å²) in [4.78, 5) is 4.13. The molecule has 2 rings (SSSR count). The zero-order valence-corrected chi connectivity index (χ0v) is 12.1. The molecule has 7 heteroatoms. The highest BCUT2D eigenvalue weighted by Gasteiger charge is 2.34. The van der Waals surface area contributed by atoms with Gasteiger partial charge in [0, 0.05) is 24.0 Å². The van der Waals surface area contributed by atoms with Crippen LogP contribution in [0.15, 0.2) is 29.8 Å². The lowest BCUT2D eigenvalue weighted by Crippen LogP contribution is -2.23. The molecule has 0 fully saturated rings. The summed E-state index contributed by atoms with van der Waals surface area (Å²) in [6.07, 6.45) is -2.58. The average Bonchev–Trinajstić information content (AvgIpc) is 2.90. The number of rotatable bonds is 5. The van der Waals surface area contributed by atoms with Crippen LogP contribution in [-0.2, 0) is 12.6 Å². The molecule has 0 bridgehead atoms. The highest BCUT2D eigenvalue weighted by atomic mass is 32.1. The number of alkyl halides is 3. The number of hydrogen-bond acceptors (Lipinski definition) is 3. The minimum absolute atomic E-state index is 0.331. The maximum atomic E-state index is 13.3. The molecule has 21 heavy (non-hydrogen) atoms. The van der Waals surface area contributed by atoms with Crippen molar-refractivity contribution >= 4 is 11.3 Å². The first-order chi connectivity index (χ1) is 9.91. The summed E-state index contributed by atoms with van der Waals surface area (Å²) in [5.41, 5.74) is -0.831. The van der Waals surface area contributed by atoms with Crippen molar-refractivity contribution in [3.05, 3.63) is 51.7 Å². The summed E-state index contributed by atoms with van der Waals surface area (Å²) in [5, 5.41) is 5.74. The van der Waals surface area contributed by atoms with E-state index in [0.29, 0.717) is 18.5 Å². The molecular formula is C14H14F4N2S. The Labute approximate surface area is 123 Å². The highest BCUT2D eigenvalue weighted by molar-refractivity contribution is 7.09. The number of thiazole rings is 1. The Kier molecular flexibility index (Phi) is 4.95. The predicted molar refractivity (Wildman–Crippen MR) is 73.6 cm³/mol. The molecule has 0 saturated carbocycles. The minimum atomic E-state index is -4.70. The second-order valence-corrected chi connectivity index (χ2v) is 5.46. The Hall–Kier alpha value is -1.47. The van der Waals surface area contributed by atoms with Crippen LogP contribution in [0, 0.1) is 5.82 Å². The quantitative estimate of drug-likeness (QED) is 0.836. The van der Waals surface area contributed by atoms with Crippen LogP contribution in [0.25, 0.3) is 0 Å². The van der Waals surface area contributed by atoms with Crippen molar-refractivity contribution in [2.45, 2.75) is 25.6 Å². The fourth-order valence-electron chi connectivity index (χ4n) is 2.06. The molecule has 114 valence electrons. The third kappa shape index (κ3) is 4.01. The van der Waals surface area contributed by atoms with Gasteiger partial charge in [-0.2, -0.15) is 13.2 Å². The maximum Gasteiger partial charge on any atom is 0.419 e. The lowest BCUT2D eigenvalue weighted by atomic mass is 10.0. The van der Waals surface area contributed by atoms with Gasteiger partial charge in [0.25, 0.3) is 0 Å². The summed E-state index contributed by atoms with van der Waals surface area (Å²) in [6.45, 7) is 2.46. The summed E-state index contributed by atoms with van der Waals surface area (Å²) < 4.78 is 51.7. The van der Waals surface area contributed by atoms with E-state index in [4.69, 9.17) is 0 Å². The molecule has 1 atom stereocenters. The van der Waals surface area contributed by atoms with Crippen molar-refractivity contribution in [3.8, 4) is 0 Å². The third-order valence-corrected chi connectivity index (χ3v) is 3.81. The number of nitrogens with one attached hydrogen (secondary N) is 1. The SMILES string of the molecule is CCNC(Cc1nccs1)c1ccc(F)c(C(F)(F)F)c1. The topological polar surface area (TPSA) is 24.9 Å². The molecule has 0 aliphatic rings. The Bertz CT molecular complexity index is 581. The molecule has 2 nitrogen and oxygen atoms in total. The maximum absolute atomic E-state index is 13.3. The molecule has 2 aromatic rings. The summed E-state index contributed by atoms with van der Waals surface area (Å²) in [7, 11) is 0. The van der Waals surface area contributed by atoms with Crippen LogP contribution in [-0.4, -0.2) is 11.5 Å². The standard InChI is InChI=1S/C14H14F4N2S/c1-2-19-12(8-13-20-5-6-21-13)9-3-4-11(15)10(7-9)14(16,17)18/h3-7,12,19H,2,8H2,1H3. The Morgan fingerprint density at radius 1 is 1.33 bits per heavy atom. The van der Waals surface area contributed by atoms with E-state index in [9.17, 15) is 17.6 Å². The van der Waals surface area contributed by atoms with E-state index in [-0.39, 0.29) is 6.04 Å². The van der Waals surface area contributed by atoms with Gasteiger partial charge >= 0.3 is 6.18 Å². The van der Waals surface area contributed by atoms with E-state index in [1.165, 1.54) is 17.4 Å². The second kappa shape index (κ2) is 6.53. The number of hydrogen-bond donors (Lipinski definition) is 1. The van der Waals surface area contributed by atoms with E-state index < -0.39 is 17.6 Å². The van der Waals surface area contributed by atoms with E-state index >= 15 is 0 Å². The van der Waals surface area contributed by atoms with Crippen LogP contribution in [0.5, 0.6) is 0 Å². The van der Waals surface area contributed by atoms with Crippen LogP contribution in [0.4, 0.5) is 17.6 Å². The second-order valence-electron chi connectivity index (χ2n) is 4.48. The third-order valence-electron chi connectivity index (χ3n) is 3.01. The number of aromatic nitrogens is 1. The number of halogens is 4. The van der Waals surface area contributed by atoms with Crippen molar-refractivity contribution in [3.63, 3.8) is 0 Å². The Balaban J connectivity index is 2.32. The molecular weight excluding hydrogens is 304 g/mol. The van der Waals surface area contributed by atoms with Gasteiger partial charge in [-0.1, -0.05) is 13.0 Å². The Morgan fingerprint density at radius 2 is 2.10 bits per heavy atom. The molecule has 0 spiro atoms. The van der Waals surface area contributed by atoms with Gasteiger partial charge in [-0.3, -0.25) is 0 Å². The molecule has 0 aliphatic carbocycles. The molecule has 1 aromatic heterocycles. The van der Waals surface area contributed by atoms with Crippen LogP contribution in [0.3, 0.4) is 0 Å². The van der Waals surface area contributed by atoms with Gasteiger partial charge in [0.1, 0.15) is 5.82 Å². The van der Waals surface area contributed by atoms with Crippen LogP contribution < -0.4 is 5.32 Å². The van der Waals surface area contributed by atoms with Gasteiger partial charge < -0.3 is 5.32 Å². The molecule has 0 radical (unpaired) electrons. The van der Waals surface area contributed by atoms with Crippen molar-refractivity contribution in [2.75, 3.05) is 6.54 Å². The van der Waals surface area contributed by atoms with Gasteiger partial charge in [0.2, 0.25) is 0 Å². The van der Waals surface area contributed by atoms with E-state index in [2.05, 4.69) is 10.3 Å². The summed E-state index contributed by atoms with van der Waals surface area (Å²) >= 11 is 1.44. The lowest BCUT2D eigenvalue weighted by molar-refractivity contribution is -0.140. The van der Waals surface area contributed by atoms with Gasteiger partial charge in [-0.15, -0.1) is 11.3 Å². The molecule has 1 heterocycles. The first-order valence-electron chi connectivity index (χ1n) is 6.40. The largest absolute Gasteiger partial charge is 0.419 e. The zero-order valence-electron chi connectivity index (χ0n) is 11.2. The van der Waals surface area contributed by atoms with Gasteiger partial charge in [0.15, 0.2) is 0 Å². The van der Waals surface area contributed by atoms with Crippen LogP contribution in [0.2, 0.25) is 0 Å². The lowest BCUT2D eigenvalue weighted by Gasteiger charge is -2.19. The first-order valence-corrected chi connectivity index (χ1v) is 7.28. The van der Waals surface area contributed by atoms with E-state index in [0.717, 1.165) is 17.1 Å². The number of nitrogens with zero attached hydrogens (tertiary/aromatic N) is 1.